The summed E-state index contributed by atoms with van der Waals surface area (Å²) in [6.07, 6.45) is 0.511. The minimum atomic E-state index is -3.02. The summed E-state index contributed by atoms with van der Waals surface area (Å²) in [5.74, 6) is 0.333. The van der Waals surface area contributed by atoms with Crippen LogP contribution in [0.15, 0.2) is 28.6 Å². The predicted molar refractivity (Wildman–Crippen MR) is 112 cm³/mol. The van der Waals surface area contributed by atoms with Crippen LogP contribution in [0.4, 0.5) is 0 Å². The smallest absolute Gasteiger partial charge is 0.233 e. The van der Waals surface area contributed by atoms with E-state index >= 15 is 0 Å². The first-order valence-electron chi connectivity index (χ1n) is 8.28. The van der Waals surface area contributed by atoms with E-state index in [1.807, 2.05) is 19.1 Å². The Bertz CT molecular complexity index is 985. The second-order valence-electron chi connectivity index (χ2n) is 6.05. The molecule has 0 unspecified atom stereocenters. The van der Waals surface area contributed by atoms with E-state index in [1.54, 1.807) is 21.7 Å². The van der Waals surface area contributed by atoms with Crippen molar-refractivity contribution in [2.24, 2.45) is 0 Å². The zero-order valence-electron chi connectivity index (χ0n) is 14.5. The summed E-state index contributed by atoms with van der Waals surface area (Å²) >= 11 is 13.9. The number of hydrogen-bond acceptors (Lipinski definition) is 7. The quantitative estimate of drug-likeness (QED) is 0.482. The molecular formula is C16H18ClN3O3S4. The molecule has 1 fully saturated rings. The molecule has 0 N–H and O–H groups in total. The number of hydrogen-bond donors (Lipinski definition) is 0. The minimum absolute atomic E-state index is 0.0569. The van der Waals surface area contributed by atoms with Crippen LogP contribution >= 0.6 is 46.9 Å². The number of thioether (sulfide) groups is 1. The molecule has 0 bridgehead atoms. The van der Waals surface area contributed by atoms with Gasteiger partial charge in [0, 0.05) is 17.6 Å². The molecule has 6 nitrogen and oxygen atoms in total. The van der Waals surface area contributed by atoms with Gasteiger partial charge in [0.1, 0.15) is 0 Å². The van der Waals surface area contributed by atoms with Gasteiger partial charge in [-0.25, -0.2) is 13.1 Å². The van der Waals surface area contributed by atoms with Gasteiger partial charge in [-0.15, -0.1) is 5.10 Å². The Labute approximate surface area is 176 Å². The standard InChI is InChI=1S/C16H18ClN3O3S4/c1-2-19(13-7-8-27(22,23)10-13)14(21)9-25-15-18-20(16(24)26-15)12-5-3-11(17)4-6-12/h3-6,13H,2,7-10H2,1H3/t13-/m0/s1. The van der Waals surface area contributed by atoms with E-state index in [-0.39, 0.29) is 29.2 Å². The third-order valence-electron chi connectivity index (χ3n) is 4.23. The van der Waals surface area contributed by atoms with Gasteiger partial charge in [-0.1, -0.05) is 34.7 Å². The Morgan fingerprint density at radius 2 is 2.15 bits per heavy atom. The first kappa shape index (κ1) is 20.8. The number of rotatable bonds is 6. The van der Waals surface area contributed by atoms with Gasteiger partial charge in [0.15, 0.2) is 18.1 Å². The van der Waals surface area contributed by atoms with Gasteiger partial charge in [-0.2, -0.15) is 0 Å². The van der Waals surface area contributed by atoms with Crippen LogP contribution in [-0.2, 0) is 14.6 Å². The third kappa shape index (κ3) is 5.11. The van der Waals surface area contributed by atoms with Crippen LogP contribution in [-0.4, -0.2) is 58.9 Å². The fraction of sp³-hybridized carbons (Fsp3) is 0.438. The molecule has 0 aliphatic carbocycles. The average Bonchev–Trinajstić information content (AvgIpc) is 3.16. The van der Waals surface area contributed by atoms with Crippen molar-refractivity contribution in [2.45, 2.75) is 23.7 Å². The van der Waals surface area contributed by atoms with Gasteiger partial charge in [-0.3, -0.25) is 4.79 Å². The Morgan fingerprint density at radius 1 is 1.44 bits per heavy atom. The molecule has 1 saturated heterocycles. The molecule has 27 heavy (non-hydrogen) atoms. The summed E-state index contributed by atoms with van der Waals surface area (Å²) in [6.45, 7) is 2.36. The summed E-state index contributed by atoms with van der Waals surface area (Å²) in [4.78, 5) is 14.2. The highest BCUT2D eigenvalue weighted by atomic mass is 35.5. The summed E-state index contributed by atoms with van der Waals surface area (Å²) < 4.78 is 26.3. The first-order valence-corrected chi connectivity index (χ1v) is 12.7. The van der Waals surface area contributed by atoms with Crippen LogP contribution < -0.4 is 0 Å². The van der Waals surface area contributed by atoms with E-state index < -0.39 is 9.84 Å². The minimum Gasteiger partial charge on any atom is -0.338 e. The van der Waals surface area contributed by atoms with Crippen molar-refractivity contribution >= 4 is 62.7 Å². The maximum atomic E-state index is 12.6. The number of sulfone groups is 1. The van der Waals surface area contributed by atoms with Crippen molar-refractivity contribution in [1.29, 1.82) is 0 Å². The Hall–Kier alpha value is -0.940. The molecule has 1 aliphatic rings. The molecule has 0 saturated carbocycles. The lowest BCUT2D eigenvalue weighted by molar-refractivity contribution is -0.129. The SMILES string of the molecule is CCN(C(=O)CSc1nn(-c2ccc(Cl)cc2)c(=S)s1)[C@H]1CCS(=O)(=O)C1. The predicted octanol–water partition coefficient (Wildman–Crippen LogP) is 3.44. The molecule has 1 aromatic carbocycles. The molecule has 1 amide bonds. The van der Waals surface area contributed by atoms with Crippen LogP contribution in [0.1, 0.15) is 13.3 Å². The molecule has 1 aromatic heterocycles. The molecule has 11 heteroatoms. The molecule has 2 aromatic rings. The maximum Gasteiger partial charge on any atom is 0.233 e. The van der Waals surface area contributed by atoms with E-state index in [0.717, 1.165) is 5.69 Å². The first-order chi connectivity index (χ1) is 12.8. The van der Waals surface area contributed by atoms with Crippen molar-refractivity contribution in [3.63, 3.8) is 0 Å². The number of carbonyl (C=O) groups is 1. The third-order valence-corrected chi connectivity index (χ3v) is 8.58. The number of benzene rings is 1. The lowest BCUT2D eigenvalue weighted by Crippen LogP contribution is -2.41. The van der Waals surface area contributed by atoms with Gasteiger partial charge in [-0.05, 0) is 49.8 Å². The Morgan fingerprint density at radius 3 is 2.74 bits per heavy atom. The normalized spacial score (nSPS) is 18.5. The van der Waals surface area contributed by atoms with Gasteiger partial charge in [0.05, 0.1) is 22.9 Å². The van der Waals surface area contributed by atoms with Crippen molar-refractivity contribution in [1.82, 2.24) is 14.7 Å². The molecule has 3 rings (SSSR count). The monoisotopic (exact) mass is 463 g/mol. The topological polar surface area (TPSA) is 72.3 Å². The van der Waals surface area contributed by atoms with Crippen LogP contribution in [0, 0.1) is 3.95 Å². The summed E-state index contributed by atoms with van der Waals surface area (Å²) in [5.41, 5.74) is 0.810. The zero-order valence-corrected chi connectivity index (χ0v) is 18.5. The summed E-state index contributed by atoms with van der Waals surface area (Å²) in [5, 5.41) is 5.11. The number of carbonyl (C=O) groups excluding carboxylic acids is 1. The van der Waals surface area contributed by atoms with E-state index in [9.17, 15) is 13.2 Å². The number of amides is 1. The van der Waals surface area contributed by atoms with Gasteiger partial charge < -0.3 is 4.90 Å². The lowest BCUT2D eigenvalue weighted by atomic mass is 10.2. The Kier molecular flexibility index (Phi) is 6.62. The number of aromatic nitrogens is 2. The van der Waals surface area contributed by atoms with Gasteiger partial charge >= 0.3 is 0 Å². The van der Waals surface area contributed by atoms with Crippen molar-refractivity contribution in [2.75, 3.05) is 23.8 Å². The molecular weight excluding hydrogens is 446 g/mol. The maximum absolute atomic E-state index is 12.6. The molecule has 1 atom stereocenters. The molecule has 2 heterocycles. The van der Waals surface area contributed by atoms with E-state index in [4.69, 9.17) is 23.8 Å². The van der Waals surface area contributed by atoms with Gasteiger partial charge in [0.2, 0.25) is 5.91 Å². The lowest BCUT2D eigenvalue weighted by Gasteiger charge is -2.26. The van der Waals surface area contributed by atoms with E-state index in [0.29, 0.717) is 26.3 Å². The summed E-state index contributed by atoms with van der Waals surface area (Å²) in [7, 11) is -3.02. The molecule has 146 valence electrons. The van der Waals surface area contributed by atoms with E-state index in [1.165, 1.54) is 23.1 Å². The second kappa shape index (κ2) is 8.60. The fourth-order valence-corrected chi connectivity index (χ4v) is 7.03. The summed E-state index contributed by atoms with van der Waals surface area (Å²) in [6, 6.07) is 6.97. The van der Waals surface area contributed by atoms with Crippen molar-refractivity contribution in [3.05, 3.63) is 33.2 Å². The molecule has 0 spiro atoms. The number of halogens is 1. The zero-order chi connectivity index (χ0) is 19.6. The van der Waals surface area contributed by atoms with E-state index in [2.05, 4.69) is 5.10 Å². The van der Waals surface area contributed by atoms with Crippen LogP contribution in [0.3, 0.4) is 0 Å². The van der Waals surface area contributed by atoms with Crippen molar-refractivity contribution < 1.29 is 13.2 Å². The largest absolute Gasteiger partial charge is 0.338 e. The Balaban J connectivity index is 1.66. The van der Waals surface area contributed by atoms with Crippen LogP contribution in [0.5, 0.6) is 0 Å². The second-order valence-corrected chi connectivity index (χ2v) is 11.6. The van der Waals surface area contributed by atoms with Crippen LogP contribution in [0.2, 0.25) is 5.02 Å². The highest BCUT2D eigenvalue weighted by Crippen LogP contribution is 2.26. The molecule has 0 radical (unpaired) electrons. The van der Waals surface area contributed by atoms with Crippen LogP contribution in [0.25, 0.3) is 5.69 Å². The molecule has 1 aliphatic heterocycles. The highest BCUT2D eigenvalue weighted by molar-refractivity contribution is 8.01. The highest BCUT2D eigenvalue weighted by Gasteiger charge is 2.33. The van der Waals surface area contributed by atoms with Crippen molar-refractivity contribution in [3.8, 4) is 5.69 Å². The number of nitrogens with zero attached hydrogens (tertiary/aromatic N) is 3. The fourth-order valence-electron chi connectivity index (χ4n) is 2.93. The average molecular weight is 464 g/mol. The van der Waals surface area contributed by atoms with Gasteiger partial charge in [0.25, 0.3) is 0 Å².